The van der Waals surface area contributed by atoms with Crippen LogP contribution in [0.1, 0.15) is 5.56 Å². The Balaban J connectivity index is 1.91. The Labute approximate surface area is 106 Å². The number of aryl methyl sites for hydroxylation is 2. The lowest BCUT2D eigenvalue weighted by molar-refractivity contribution is 0.542. The molecule has 0 radical (unpaired) electrons. The van der Waals surface area contributed by atoms with Gasteiger partial charge in [0.2, 0.25) is 0 Å². The minimum Gasteiger partial charge on any atom is -0.345 e. The van der Waals surface area contributed by atoms with E-state index in [-0.39, 0.29) is 0 Å². The van der Waals surface area contributed by atoms with E-state index < -0.39 is 0 Å². The van der Waals surface area contributed by atoms with E-state index in [4.69, 9.17) is 5.73 Å². The van der Waals surface area contributed by atoms with Crippen LogP contribution in [0, 0.1) is 0 Å². The molecule has 0 saturated carbocycles. The van der Waals surface area contributed by atoms with Crippen LogP contribution in [-0.4, -0.2) is 14.3 Å². The molecule has 2 N–H and O–H groups in total. The Bertz CT molecular complexity index is 637. The molecule has 2 aromatic heterocycles. The number of para-hydroxylation sites is 1. The largest absolute Gasteiger partial charge is 0.345 e. The van der Waals surface area contributed by atoms with Gasteiger partial charge in [-0.25, -0.2) is 0 Å². The average molecular weight is 240 g/mol. The summed E-state index contributed by atoms with van der Waals surface area (Å²) in [7, 11) is 0. The fourth-order valence-corrected chi connectivity index (χ4v) is 2.31. The Kier molecular flexibility index (Phi) is 2.86. The number of benzene rings is 1. The van der Waals surface area contributed by atoms with Gasteiger partial charge in [0.1, 0.15) is 0 Å². The van der Waals surface area contributed by atoms with Gasteiger partial charge in [-0.2, -0.15) is 5.10 Å². The normalized spacial score (nSPS) is 11.2. The number of hydrogen-bond donors (Lipinski definition) is 1. The van der Waals surface area contributed by atoms with Crippen LogP contribution in [0.4, 0.5) is 0 Å². The van der Waals surface area contributed by atoms with Gasteiger partial charge in [-0.1, -0.05) is 18.2 Å². The molecule has 0 spiro atoms. The highest BCUT2D eigenvalue weighted by Crippen LogP contribution is 2.20. The number of aromatic nitrogens is 3. The molecule has 0 atom stereocenters. The van der Waals surface area contributed by atoms with Crippen molar-refractivity contribution in [2.24, 2.45) is 5.73 Å². The average Bonchev–Trinajstić information content (AvgIpc) is 3.04. The zero-order valence-corrected chi connectivity index (χ0v) is 10.2. The predicted molar refractivity (Wildman–Crippen MR) is 72.1 cm³/mol. The highest BCUT2D eigenvalue weighted by Gasteiger charge is 2.06. The Morgan fingerprint density at radius 1 is 1.11 bits per heavy atom. The maximum absolute atomic E-state index is 5.79. The molecule has 0 bridgehead atoms. The molecule has 0 aliphatic carbocycles. The molecular formula is C14H16N4. The first-order chi connectivity index (χ1) is 8.88. The molecule has 1 aromatic carbocycles. The van der Waals surface area contributed by atoms with Gasteiger partial charge in [0.05, 0.1) is 6.54 Å². The van der Waals surface area contributed by atoms with Crippen LogP contribution in [-0.2, 0) is 19.6 Å². The third-order valence-corrected chi connectivity index (χ3v) is 3.22. The summed E-state index contributed by atoms with van der Waals surface area (Å²) in [5, 5.41) is 5.47. The van der Waals surface area contributed by atoms with Gasteiger partial charge in [0.15, 0.2) is 0 Å². The van der Waals surface area contributed by atoms with Crippen LogP contribution in [0.3, 0.4) is 0 Å². The lowest BCUT2D eigenvalue weighted by Crippen LogP contribution is -2.06. The molecule has 18 heavy (non-hydrogen) atoms. The minimum atomic E-state index is 0.579. The lowest BCUT2D eigenvalue weighted by Gasteiger charge is -2.05. The van der Waals surface area contributed by atoms with Crippen molar-refractivity contribution in [3.05, 3.63) is 54.5 Å². The van der Waals surface area contributed by atoms with Crippen molar-refractivity contribution in [2.75, 3.05) is 0 Å². The molecule has 92 valence electrons. The summed E-state index contributed by atoms with van der Waals surface area (Å²) in [4.78, 5) is 0. The van der Waals surface area contributed by atoms with Crippen LogP contribution in [0.15, 0.2) is 48.9 Å². The van der Waals surface area contributed by atoms with Crippen LogP contribution in [0.25, 0.3) is 10.9 Å². The van der Waals surface area contributed by atoms with Crippen molar-refractivity contribution < 1.29 is 0 Å². The van der Waals surface area contributed by atoms with E-state index in [2.05, 4.69) is 40.1 Å². The summed E-state index contributed by atoms with van der Waals surface area (Å²) >= 11 is 0. The molecule has 0 aliphatic heterocycles. The molecule has 0 fully saturated rings. The molecule has 3 aromatic rings. The van der Waals surface area contributed by atoms with E-state index in [9.17, 15) is 0 Å². The van der Waals surface area contributed by atoms with Crippen molar-refractivity contribution in [3.8, 4) is 0 Å². The van der Waals surface area contributed by atoms with Crippen molar-refractivity contribution in [2.45, 2.75) is 19.6 Å². The van der Waals surface area contributed by atoms with E-state index >= 15 is 0 Å². The first-order valence-electron chi connectivity index (χ1n) is 6.13. The summed E-state index contributed by atoms with van der Waals surface area (Å²) in [5.41, 5.74) is 8.23. The third kappa shape index (κ3) is 1.91. The summed E-state index contributed by atoms with van der Waals surface area (Å²) in [6.45, 7) is 2.35. The molecule has 0 amide bonds. The van der Waals surface area contributed by atoms with Gasteiger partial charge < -0.3 is 10.3 Å². The van der Waals surface area contributed by atoms with Crippen molar-refractivity contribution >= 4 is 10.9 Å². The zero-order chi connectivity index (χ0) is 12.4. The second-order valence-corrected chi connectivity index (χ2v) is 4.34. The van der Waals surface area contributed by atoms with Crippen molar-refractivity contribution in [1.29, 1.82) is 0 Å². The van der Waals surface area contributed by atoms with Gasteiger partial charge in [-0.3, -0.25) is 4.68 Å². The topological polar surface area (TPSA) is 48.8 Å². The third-order valence-electron chi connectivity index (χ3n) is 3.22. The fraction of sp³-hybridized carbons (Fsp3) is 0.214. The Morgan fingerprint density at radius 3 is 2.78 bits per heavy atom. The molecule has 0 unspecified atom stereocenters. The number of nitrogens with zero attached hydrogens (tertiary/aromatic N) is 3. The Hall–Kier alpha value is -2.07. The molecule has 2 heterocycles. The van der Waals surface area contributed by atoms with Crippen LogP contribution in [0.5, 0.6) is 0 Å². The first-order valence-corrected chi connectivity index (χ1v) is 6.13. The van der Waals surface area contributed by atoms with Crippen molar-refractivity contribution in [3.63, 3.8) is 0 Å². The minimum absolute atomic E-state index is 0.579. The molecular weight excluding hydrogens is 224 g/mol. The maximum atomic E-state index is 5.79. The predicted octanol–water partition coefficient (Wildman–Crippen LogP) is 2.00. The highest BCUT2D eigenvalue weighted by molar-refractivity contribution is 5.83. The number of fused-ring (bicyclic) bond motifs is 1. The number of nitrogens with two attached hydrogens (primary N) is 1. The summed E-state index contributed by atoms with van der Waals surface area (Å²) in [5.74, 6) is 0. The van der Waals surface area contributed by atoms with Crippen molar-refractivity contribution in [1.82, 2.24) is 14.3 Å². The molecule has 0 saturated heterocycles. The van der Waals surface area contributed by atoms with Crippen LogP contribution in [0.2, 0.25) is 0 Å². The smallest absolute Gasteiger partial charge is 0.0588 e. The monoisotopic (exact) mass is 240 g/mol. The standard InChI is InChI=1S/C14H16N4/c15-10-12-11-17(8-9-18-7-3-6-16-18)14-5-2-1-4-13(12)14/h1-7,11H,8-10,15H2. The molecule has 4 heteroatoms. The second-order valence-electron chi connectivity index (χ2n) is 4.34. The number of rotatable bonds is 4. The van der Waals surface area contributed by atoms with Gasteiger partial charge in [0.25, 0.3) is 0 Å². The quantitative estimate of drug-likeness (QED) is 0.758. The maximum Gasteiger partial charge on any atom is 0.0588 e. The van der Waals surface area contributed by atoms with Crippen LogP contribution < -0.4 is 5.73 Å². The van der Waals surface area contributed by atoms with E-state index in [1.807, 2.05) is 16.9 Å². The molecule has 0 aliphatic rings. The van der Waals surface area contributed by atoms with E-state index in [0.29, 0.717) is 6.54 Å². The Morgan fingerprint density at radius 2 is 2.00 bits per heavy atom. The molecule has 4 nitrogen and oxygen atoms in total. The SMILES string of the molecule is NCc1cn(CCn2cccn2)c2ccccc12. The van der Waals surface area contributed by atoms with E-state index in [1.54, 1.807) is 6.20 Å². The van der Waals surface area contributed by atoms with Gasteiger partial charge in [-0.05, 0) is 17.7 Å². The first kappa shape index (κ1) is 11.0. The van der Waals surface area contributed by atoms with Gasteiger partial charge in [-0.15, -0.1) is 0 Å². The second kappa shape index (κ2) is 4.66. The van der Waals surface area contributed by atoms with E-state index in [1.165, 1.54) is 16.5 Å². The van der Waals surface area contributed by atoms with E-state index in [0.717, 1.165) is 13.1 Å². The highest BCUT2D eigenvalue weighted by atomic mass is 15.3. The molecule has 3 rings (SSSR count). The summed E-state index contributed by atoms with van der Waals surface area (Å²) in [6, 6.07) is 10.3. The fourth-order valence-electron chi connectivity index (χ4n) is 2.31. The number of hydrogen-bond acceptors (Lipinski definition) is 2. The zero-order valence-electron chi connectivity index (χ0n) is 10.2. The summed E-state index contributed by atoms with van der Waals surface area (Å²) < 4.78 is 4.19. The lowest BCUT2D eigenvalue weighted by atomic mass is 10.2. The van der Waals surface area contributed by atoms with Gasteiger partial charge in [0, 0.05) is 42.6 Å². The van der Waals surface area contributed by atoms with Crippen LogP contribution >= 0.6 is 0 Å². The van der Waals surface area contributed by atoms with Gasteiger partial charge >= 0.3 is 0 Å². The summed E-state index contributed by atoms with van der Waals surface area (Å²) in [6.07, 6.45) is 5.93.